The van der Waals surface area contributed by atoms with Gasteiger partial charge in [0.2, 0.25) is 0 Å². The third kappa shape index (κ3) is 2.83. The number of benzene rings is 1. The number of aryl methyl sites for hydroxylation is 1. The number of hydrogen-bond acceptors (Lipinski definition) is 4. The van der Waals surface area contributed by atoms with Crippen LogP contribution in [0.4, 0.5) is 0 Å². The van der Waals surface area contributed by atoms with Crippen LogP contribution in [0.25, 0.3) is 0 Å². The van der Waals surface area contributed by atoms with E-state index in [2.05, 4.69) is 13.0 Å². The molecule has 6 heteroatoms. The molecule has 1 saturated carbocycles. The Balaban J connectivity index is 1.73. The normalized spacial score (nSPS) is 30.0. The molecule has 0 aliphatic heterocycles. The van der Waals surface area contributed by atoms with Crippen LogP contribution in [0.3, 0.4) is 0 Å². The number of ether oxygens (including phenoxy) is 1. The van der Waals surface area contributed by atoms with Gasteiger partial charge in [0.25, 0.3) is 0 Å². The van der Waals surface area contributed by atoms with Gasteiger partial charge < -0.3 is 8.92 Å². The van der Waals surface area contributed by atoms with E-state index in [0.29, 0.717) is 23.0 Å². The molecule has 3 aliphatic rings. The Bertz CT molecular complexity index is 861. The first-order valence-electron chi connectivity index (χ1n) is 9.50. The number of rotatable bonds is 4. The first-order chi connectivity index (χ1) is 12.4. The van der Waals surface area contributed by atoms with Gasteiger partial charge in [0, 0.05) is 0 Å². The molecule has 1 aromatic carbocycles. The monoisotopic (exact) mass is 377 g/mol. The Labute approximate surface area is 155 Å². The highest BCUT2D eigenvalue weighted by Crippen LogP contribution is 2.60. The molecule has 5 nitrogen and oxygen atoms in total. The fourth-order valence-electron chi connectivity index (χ4n) is 5.66. The fourth-order valence-corrected chi connectivity index (χ4v) is 6.04. The van der Waals surface area contributed by atoms with E-state index in [1.165, 1.54) is 44.8 Å². The molecular weight excluding hydrogens is 350 g/mol. The Morgan fingerprint density at radius 3 is 2.69 bits per heavy atom. The largest absolute Gasteiger partial charge is 0.493 e. The van der Waals surface area contributed by atoms with Gasteiger partial charge in [-0.2, -0.15) is 13.6 Å². The van der Waals surface area contributed by atoms with Crippen molar-refractivity contribution >= 4 is 10.3 Å². The van der Waals surface area contributed by atoms with Crippen molar-refractivity contribution in [3.05, 3.63) is 34.9 Å². The van der Waals surface area contributed by atoms with E-state index in [0.717, 1.165) is 18.4 Å². The van der Waals surface area contributed by atoms with Gasteiger partial charge in [-0.1, -0.05) is 18.6 Å². The van der Waals surface area contributed by atoms with Crippen molar-refractivity contribution in [2.75, 3.05) is 7.11 Å². The summed E-state index contributed by atoms with van der Waals surface area (Å²) in [6.45, 7) is 2.33. The maximum Gasteiger partial charge on any atom is 0.380 e. The second kappa shape index (κ2) is 6.27. The van der Waals surface area contributed by atoms with Gasteiger partial charge in [-0.15, -0.1) is 0 Å². The lowest BCUT2D eigenvalue weighted by atomic mass is 9.57. The molecule has 0 aromatic heterocycles. The van der Waals surface area contributed by atoms with Crippen LogP contribution in [-0.2, 0) is 16.7 Å². The molecule has 2 unspecified atom stereocenters. The third-order valence-electron chi connectivity index (χ3n) is 6.85. The van der Waals surface area contributed by atoms with E-state index < -0.39 is 10.3 Å². The predicted molar refractivity (Wildman–Crippen MR) is 101 cm³/mol. The number of methoxy groups -OCH3 is 1. The first-order valence-corrected chi connectivity index (χ1v) is 11.0. The lowest BCUT2D eigenvalue weighted by molar-refractivity contribution is 0.191. The maximum absolute atomic E-state index is 11.4. The molecule has 0 saturated heterocycles. The molecule has 26 heavy (non-hydrogen) atoms. The molecule has 1 fully saturated rings. The van der Waals surface area contributed by atoms with Gasteiger partial charge in [0.05, 0.1) is 7.11 Å². The van der Waals surface area contributed by atoms with Crippen LogP contribution in [0.2, 0.25) is 0 Å². The zero-order valence-corrected chi connectivity index (χ0v) is 16.3. The molecule has 3 aliphatic carbocycles. The van der Waals surface area contributed by atoms with Crippen LogP contribution in [0.15, 0.2) is 23.8 Å². The molecule has 0 bridgehead atoms. The molecule has 3 atom stereocenters. The summed E-state index contributed by atoms with van der Waals surface area (Å²) in [4.78, 5) is 0. The van der Waals surface area contributed by atoms with Crippen molar-refractivity contribution in [1.82, 2.24) is 0 Å². The highest BCUT2D eigenvalue weighted by atomic mass is 32.2. The molecule has 1 aromatic rings. The average Bonchev–Trinajstić information content (AvgIpc) is 3.04. The summed E-state index contributed by atoms with van der Waals surface area (Å²) in [6.07, 6.45) is 10.7. The van der Waals surface area contributed by atoms with Crippen molar-refractivity contribution in [2.24, 2.45) is 16.5 Å². The molecule has 0 heterocycles. The number of hydrogen-bond donors (Lipinski definition) is 1. The summed E-state index contributed by atoms with van der Waals surface area (Å²) in [5, 5.41) is 5.05. The zero-order chi connectivity index (χ0) is 18.5. The van der Waals surface area contributed by atoms with E-state index in [9.17, 15) is 8.42 Å². The van der Waals surface area contributed by atoms with Gasteiger partial charge in [-0.3, -0.25) is 0 Å². The fraction of sp³-hybridized carbons (Fsp3) is 0.600. The van der Waals surface area contributed by atoms with Crippen LogP contribution < -0.4 is 14.1 Å². The van der Waals surface area contributed by atoms with E-state index >= 15 is 0 Å². The van der Waals surface area contributed by atoms with Crippen molar-refractivity contribution in [3.8, 4) is 11.5 Å². The minimum Gasteiger partial charge on any atom is -0.493 e. The van der Waals surface area contributed by atoms with Crippen LogP contribution in [-0.4, -0.2) is 15.5 Å². The minimum atomic E-state index is -4.07. The van der Waals surface area contributed by atoms with Crippen LogP contribution >= 0.6 is 0 Å². The Kier molecular flexibility index (Phi) is 4.31. The Morgan fingerprint density at radius 1 is 1.19 bits per heavy atom. The lowest BCUT2D eigenvalue weighted by Gasteiger charge is -2.47. The van der Waals surface area contributed by atoms with Crippen molar-refractivity contribution in [3.63, 3.8) is 0 Å². The highest BCUT2D eigenvalue weighted by molar-refractivity contribution is 7.84. The van der Waals surface area contributed by atoms with Gasteiger partial charge in [0.1, 0.15) is 0 Å². The van der Waals surface area contributed by atoms with E-state index in [1.54, 1.807) is 11.6 Å². The second-order valence-electron chi connectivity index (χ2n) is 7.90. The Morgan fingerprint density at radius 2 is 2.00 bits per heavy atom. The van der Waals surface area contributed by atoms with Gasteiger partial charge >= 0.3 is 10.3 Å². The number of fused-ring (bicyclic) bond motifs is 5. The molecule has 0 amide bonds. The number of allylic oxidation sites excluding steroid dienone is 2. The summed E-state index contributed by atoms with van der Waals surface area (Å²) in [5.41, 5.74) is 4.57. The topological polar surface area (TPSA) is 78.6 Å². The molecule has 0 spiro atoms. The quantitative estimate of drug-likeness (QED) is 0.809. The molecule has 2 N–H and O–H groups in total. The Hall–Kier alpha value is -1.53. The molecule has 142 valence electrons. The highest BCUT2D eigenvalue weighted by Gasteiger charge is 2.47. The maximum atomic E-state index is 11.4. The van der Waals surface area contributed by atoms with Crippen LogP contribution in [0.5, 0.6) is 11.5 Å². The van der Waals surface area contributed by atoms with Gasteiger partial charge in [-0.05, 0) is 85.5 Å². The first kappa shape index (κ1) is 17.9. The SMILES string of the molecule is CC[C@@]12CCC=C1C1CCc3cc(OS(N)(=O)=O)c(OC)cc3C1CC2. The van der Waals surface area contributed by atoms with Gasteiger partial charge in [0.15, 0.2) is 11.5 Å². The summed E-state index contributed by atoms with van der Waals surface area (Å²) >= 11 is 0. The van der Waals surface area contributed by atoms with Crippen LogP contribution in [0, 0.1) is 11.3 Å². The second-order valence-corrected chi connectivity index (χ2v) is 9.05. The standard InChI is InChI=1S/C20H27NO4S/c1-3-20-9-4-5-17(20)15-7-6-13-11-19(25-26(21,22)23)18(24-2)12-16(13)14(15)8-10-20/h5,11-12,14-15H,3-4,6-10H2,1-2H3,(H2,21,22,23)/t14?,15?,20-/m0/s1. The summed E-state index contributed by atoms with van der Waals surface area (Å²) in [7, 11) is -2.54. The van der Waals surface area contributed by atoms with Gasteiger partial charge in [-0.25, -0.2) is 0 Å². The third-order valence-corrected chi connectivity index (χ3v) is 7.26. The lowest BCUT2D eigenvalue weighted by Crippen LogP contribution is -2.36. The average molecular weight is 378 g/mol. The zero-order valence-electron chi connectivity index (χ0n) is 15.5. The minimum absolute atomic E-state index is 0.186. The molecule has 4 rings (SSSR count). The summed E-state index contributed by atoms with van der Waals surface area (Å²) in [5.74, 6) is 1.71. The smallest absolute Gasteiger partial charge is 0.380 e. The molecule has 0 radical (unpaired) electrons. The predicted octanol–water partition coefficient (Wildman–Crippen LogP) is 3.83. The number of nitrogens with two attached hydrogens (primary N) is 1. The van der Waals surface area contributed by atoms with Crippen molar-refractivity contribution in [1.29, 1.82) is 0 Å². The summed E-state index contributed by atoms with van der Waals surface area (Å²) < 4.78 is 33.0. The summed E-state index contributed by atoms with van der Waals surface area (Å²) in [6, 6.07) is 3.78. The van der Waals surface area contributed by atoms with E-state index in [4.69, 9.17) is 14.1 Å². The van der Waals surface area contributed by atoms with E-state index in [1.807, 2.05) is 6.07 Å². The van der Waals surface area contributed by atoms with Crippen molar-refractivity contribution in [2.45, 2.75) is 57.8 Å². The van der Waals surface area contributed by atoms with Crippen molar-refractivity contribution < 1.29 is 17.3 Å². The van der Waals surface area contributed by atoms with E-state index in [-0.39, 0.29) is 5.75 Å². The molecular formula is C20H27NO4S. The van der Waals surface area contributed by atoms with Crippen LogP contribution in [0.1, 0.15) is 62.5 Å².